The number of carbonyl (C=O) groups is 1. The van der Waals surface area contributed by atoms with Gasteiger partial charge in [0, 0.05) is 16.6 Å². The lowest BCUT2D eigenvalue weighted by atomic mass is 10.2. The first-order valence-electron chi connectivity index (χ1n) is 8.05. The van der Waals surface area contributed by atoms with Gasteiger partial charge in [0.2, 0.25) is 5.89 Å². The van der Waals surface area contributed by atoms with Crippen LogP contribution in [0, 0.1) is 0 Å². The Balaban J connectivity index is 1.78. The summed E-state index contributed by atoms with van der Waals surface area (Å²) in [6.45, 7) is 6.27. The molecule has 1 aliphatic rings. The van der Waals surface area contributed by atoms with E-state index in [1.807, 2.05) is 45.0 Å². The van der Waals surface area contributed by atoms with E-state index in [1.165, 1.54) is 0 Å². The minimum absolute atomic E-state index is 0.163. The number of halogens is 1. The molecule has 1 aromatic heterocycles. The van der Waals surface area contributed by atoms with E-state index in [2.05, 4.69) is 20.9 Å². The lowest BCUT2D eigenvalue weighted by Gasteiger charge is -2.27. The number of carbonyl (C=O) groups excluding carboxylic acids is 1. The Morgan fingerprint density at radius 2 is 2.04 bits per heavy atom. The first-order valence-corrected chi connectivity index (χ1v) is 8.84. The molecule has 0 aliphatic carbocycles. The van der Waals surface area contributed by atoms with Crippen molar-refractivity contribution in [2.24, 2.45) is 0 Å². The van der Waals surface area contributed by atoms with Crippen LogP contribution < -0.4 is 0 Å². The van der Waals surface area contributed by atoms with Crippen LogP contribution in [0.4, 0.5) is 4.79 Å². The maximum atomic E-state index is 12.4. The quantitative estimate of drug-likeness (QED) is 0.706. The fraction of sp³-hybridized carbons (Fsp3) is 0.444. The molecule has 3 rings (SSSR count). The lowest BCUT2D eigenvalue weighted by molar-refractivity contribution is 0.0204. The van der Waals surface area contributed by atoms with Gasteiger partial charge in [0.25, 0.3) is 0 Å². The number of likely N-dealkylation sites (tertiary alicyclic amines) is 1. The smallest absolute Gasteiger partial charge is 0.410 e. The van der Waals surface area contributed by atoms with Gasteiger partial charge in [0.05, 0.1) is 6.20 Å². The summed E-state index contributed by atoms with van der Waals surface area (Å²) in [5, 5.41) is 0. The van der Waals surface area contributed by atoms with Crippen LogP contribution in [0.1, 0.15) is 45.5 Å². The lowest BCUT2D eigenvalue weighted by Crippen LogP contribution is -2.36. The monoisotopic (exact) mass is 392 g/mol. The fourth-order valence-electron chi connectivity index (χ4n) is 2.75. The number of ether oxygens (including phenoxy) is 1. The second-order valence-electron chi connectivity index (χ2n) is 6.90. The zero-order chi connectivity index (χ0) is 17.3. The Bertz CT molecular complexity index is 719. The second kappa shape index (κ2) is 6.59. The molecule has 1 fully saturated rings. The third kappa shape index (κ3) is 3.80. The molecule has 0 saturated carbocycles. The number of hydrogen-bond donors (Lipinski definition) is 0. The van der Waals surface area contributed by atoms with Crippen LogP contribution >= 0.6 is 15.9 Å². The number of amides is 1. The van der Waals surface area contributed by atoms with Crippen molar-refractivity contribution in [2.75, 3.05) is 6.54 Å². The summed E-state index contributed by atoms with van der Waals surface area (Å²) in [4.78, 5) is 18.5. The number of benzene rings is 1. The highest BCUT2D eigenvalue weighted by molar-refractivity contribution is 9.10. The Morgan fingerprint density at radius 3 is 2.71 bits per heavy atom. The summed E-state index contributed by atoms with van der Waals surface area (Å²) < 4.78 is 12.4. The van der Waals surface area contributed by atoms with Crippen molar-refractivity contribution >= 4 is 22.0 Å². The molecule has 2 heterocycles. The Labute approximate surface area is 150 Å². The molecule has 2 aromatic rings. The van der Waals surface area contributed by atoms with Crippen molar-refractivity contribution in [1.82, 2.24) is 9.88 Å². The van der Waals surface area contributed by atoms with Crippen molar-refractivity contribution in [3.8, 4) is 11.3 Å². The maximum Gasteiger partial charge on any atom is 0.410 e. The average molecular weight is 393 g/mol. The van der Waals surface area contributed by atoms with Gasteiger partial charge in [-0.3, -0.25) is 4.90 Å². The topological polar surface area (TPSA) is 55.6 Å². The first-order chi connectivity index (χ1) is 11.3. The number of hydrogen-bond acceptors (Lipinski definition) is 4. The molecular weight excluding hydrogens is 372 g/mol. The predicted octanol–water partition coefficient (Wildman–Crippen LogP) is 5.18. The van der Waals surface area contributed by atoms with E-state index in [0.717, 1.165) is 22.9 Å². The Kier molecular flexibility index (Phi) is 4.67. The van der Waals surface area contributed by atoms with Gasteiger partial charge in [-0.15, -0.1) is 0 Å². The minimum atomic E-state index is -0.511. The summed E-state index contributed by atoms with van der Waals surface area (Å²) in [5.41, 5.74) is 0.447. The van der Waals surface area contributed by atoms with Gasteiger partial charge in [-0.25, -0.2) is 9.78 Å². The molecule has 0 spiro atoms. The van der Waals surface area contributed by atoms with Gasteiger partial charge >= 0.3 is 6.09 Å². The molecule has 0 bridgehead atoms. The fourth-order valence-corrected chi connectivity index (χ4v) is 3.02. The van der Waals surface area contributed by atoms with Gasteiger partial charge < -0.3 is 9.15 Å². The summed E-state index contributed by atoms with van der Waals surface area (Å²) in [6.07, 6.45) is 3.15. The molecule has 0 N–H and O–H groups in total. The molecule has 24 heavy (non-hydrogen) atoms. The maximum absolute atomic E-state index is 12.4. The standard InChI is InChI=1S/C18H21BrN2O3/c1-18(2,3)24-17(22)21-10-4-5-14(21)16-20-11-15(23-16)12-6-8-13(19)9-7-12/h6-9,11,14H,4-5,10H2,1-3H3. The molecule has 5 nitrogen and oxygen atoms in total. The van der Waals surface area contributed by atoms with Crippen LogP contribution in [-0.2, 0) is 4.74 Å². The number of rotatable bonds is 2. The molecular formula is C18H21BrN2O3. The van der Waals surface area contributed by atoms with Gasteiger partial charge in [-0.2, -0.15) is 0 Å². The van der Waals surface area contributed by atoms with Crippen LogP contribution in [0.25, 0.3) is 11.3 Å². The van der Waals surface area contributed by atoms with Crippen molar-refractivity contribution in [2.45, 2.75) is 45.3 Å². The molecule has 6 heteroatoms. The normalized spacial score (nSPS) is 18.0. The van der Waals surface area contributed by atoms with Gasteiger partial charge in [-0.1, -0.05) is 28.1 Å². The van der Waals surface area contributed by atoms with Crippen LogP contribution in [0.5, 0.6) is 0 Å². The molecule has 1 aromatic carbocycles. The van der Waals surface area contributed by atoms with E-state index in [-0.39, 0.29) is 12.1 Å². The van der Waals surface area contributed by atoms with Crippen molar-refractivity contribution in [3.63, 3.8) is 0 Å². The Morgan fingerprint density at radius 1 is 1.33 bits per heavy atom. The largest absolute Gasteiger partial charge is 0.444 e. The Hall–Kier alpha value is -1.82. The van der Waals surface area contributed by atoms with Crippen molar-refractivity contribution in [3.05, 3.63) is 40.8 Å². The zero-order valence-electron chi connectivity index (χ0n) is 14.1. The van der Waals surface area contributed by atoms with Gasteiger partial charge in [-0.05, 0) is 45.7 Å². The first kappa shape index (κ1) is 17.0. The van der Waals surface area contributed by atoms with Gasteiger partial charge in [0.15, 0.2) is 5.76 Å². The van der Waals surface area contributed by atoms with Crippen LogP contribution in [0.2, 0.25) is 0 Å². The SMILES string of the molecule is CC(C)(C)OC(=O)N1CCCC1c1ncc(-c2ccc(Br)cc2)o1. The van der Waals surface area contributed by atoms with E-state index in [4.69, 9.17) is 9.15 Å². The number of oxazole rings is 1. The van der Waals surface area contributed by atoms with Gasteiger partial charge in [0.1, 0.15) is 11.6 Å². The van der Waals surface area contributed by atoms with Crippen LogP contribution in [-0.4, -0.2) is 28.1 Å². The van der Waals surface area contributed by atoms with Crippen molar-refractivity contribution < 1.29 is 13.9 Å². The average Bonchev–Trinajstić information content (AvgIpc) is 3.15. The van der Waals surface area contributed by atoms with Crippen LogP contribution in [0.3, 0.4) is 0 Å². The predicted molar refractivity (Wildman–Crippen MR) is 94.6 cm³/mol. The summed E-state index contributed by atoms with van der Waals surface area (Å²) in [6, 6.07) is 7.69. The van der Waals surface area contributed by atoms with E-state index < -0.39 is 5.60 Å². The third-order valence-electron chi connectivity index (χ3n) is 3.82. The number of nitrogens with zero attached hydrogens (tertiary/aromatic N) is 2. The molecule has 1 aliphatic heterocycles. The highest BCUT2D eigenvalue weighted by Gasteiger charge is 2.36. The molecule has 1 atom stereocenters. The molecule has 1 amide bonds. The van der Waals surface area contributed by atoms with Crippen molar-refractivity contribution in [1.29, 1.82) is 0 Å². The summed E-state index contributed by atoms with van der Waals surface area (Å²) in [7, 11) is 0. The number of aromatic nitrogens is 1. The third-order valence-corrected chi connectivity index (χ3v) is 4.35. The zero-order valence-corrected chi connectivity index (χ0v) is 15.7. The highest BCUT2D eigenvalue weighted by Crippen LogP contribution is 2.34. The summed E-state index contributed by atoms with van der Waals surface area (Å²) in [5.74, 6) is 1.27. The van der Waals surface area contributed by atoms with Crippen LogP contribution in [0.15, 0.2) is 39.4 Å². The van der Waals surface area contributed by atoms with E-state index in [9.17, 15) is 4.79 Å². The molecule has 1 saturated heterocycles. The molecule has 0 radical (unpaired) electrons. The molecule has 128 valence electrons. The summed E-state index contributed by atoms with van der Waals surface area (Å²) >= 11 is 3.42. The second-order valence-corrected chi connectivity index (χ2v) is 7.82. The highest BCUT2D eigenvalue weighted by atomic mass is 79.9. The minimum Gasteiger partial charge on any atom is -0.444 e. The van der Waals surface area contributed by atoms with E-state index >= 15 is 0 Å². The van der Waals surface area contributed by atoms with E-state index in [1.54, 1.807) is 11.1 Å². The van der Waals surface area contributed by atoms with E-state index in [0.29, 0.717) is 18.2 Å². The molecule has 1 unspecified atom stereocenters.